The third-order valence-electron chi connectivity index (χ3n) is 5.97. The predicted octanol–water partition coefficient (Wildman–Crippen LogP) is 3.37. The Labute approximate surface area is 220 Å². The monoisotopic (exact) mass is 524 g/mol. The van der Waals surface area contributed by atoms with E-state index in [0.29, 0.717) is 48.0 Å². The third kappa shape index (κ3) is 6.77. The number of ether oxygens (including phenoxy) is 1. The third-order valence-corrected chi connectivity index (χ3v) is 6.84. The smallest absolute Gasteiger partial charge is 0.221 e. The number of ketones is 1. The number of aromatic amines is 1. The van der Waals surface area contributed by atoms with Gasteiger partial charge in [-0.05, 0) is 62.8 Å². The van der Waals surface area contributed by atoms with Crippen molar-refractivity contribution in [1.29, 1.82) is 0 Å². The average molecular weight is 525 g/mol. The zero-order valence-corrected chi connectivity index (χ0v) is 22.2. The maximum Gasteiger partial charge on any atom is 0.221 e. The molecule has 0 atom stereocenters. The number of carbonyl (C=O) groups is 2. The summed E-state index contributed by atoms with van der Waals surface area (Å²) in [4.78, 5) is 36.4. The number of benzene rings is 1. The number of rotatable bonds is 10. The number of amides is 1. The number of nitrogens with one attached hydrogen (secondary N) is 4. The first-order valence-corrected chi connectivity index (χ1v) is 12.9. The van der Waals surface area contributed by atoms with Gasteiger partial charge in [-0.2, -0.15) is 5.10 Å². The van der Waals surface area contributed by atoms with Crippen molar-refractivity contribution in [2.45, 2.75) is 36.7 Å². The van der Waals surface area contributed by atoms with E-state index in [0.717, 1.165) is 29.1 Å². The SMILES string of the molecule is CNCC(=O)C1CCN(c2nc(Sc3ccc(NC(C)=O)cc3)nc(Nc3cc(C)[nH]n3)c2OC)CC1. The molecule has 0 unspecified atom stereocenters. The predicted molar refractivity (Wildman–Crippen MR) is 144 cm³/mol. The summed E-state index contributed by atoms with van der Waals surface area (Å²) >= 11 is 1.41. The minimum atomic E-state index is -0.121. The Hall–Kier alpha value is -3.64. The summed E-state index contributed by atoms with van der Waals surface area (Å²) in [6.07, 6.45) is 1.50. The van der Waals surface area contributed by atoms with Crippen LogP contribution in [0.15, 0.2) is 40.4 Å². The number of methoxy groups -OCH3 is 1. The van der Waals surface area contributed by atoms with E-state index in [1.165, 1.54) is 18.7 Å². The molecule has 1 amide bonds. The molecule has 0 spiro atoms. The van der Waals surface area contributed by atoms with Crippen molar-refractivity contribution in [1.82, 2.24) is 25.5 Å². The second-order valence-corrected chi connectivity index (χ2v) is 9.88. The summed E-state index contributed by atoms with van der Waals surface area (Å²) in [6, 6.07) is 9.38. The maximum atomic E-state index is 12.4. The van der Waals surface area contributed by atoms with E-state index in [2.05, 4.69) is 31.0 Å². The molecule has 11 nitrogen and oxygen atoms in total. The largest absolute Gasteiger partial charge is 0.490 e. The van der Waals surface area contributed by atoms with Gasteiger partial charge in [-0.15, -0.1) is 0 Å². The molecule has 0 bridgehead atoms. The molecule has 1 aliphatic rings. The minimum absolute atomic E-state index is 0.0390. The van der Waals surface area contributed by atoms with E-state index in [9.17, 15) is 9.59 Å². The molecular weight excluding hydrogens is 492 g/mol. The summed E-state index contributed by atoms with van der Waals surface area (Å²) < 4.78 is 5.79. The number of hydrogen-bond donors (Lipinski definition) is 4. The van der Waals surface area contributed by atoms with Gasteiger partial charge in [0.2, 0.25) is 11.7 Å². The number of aryl methyl sites for hydroxylation is 1. The van der Waals surface area contributed by atoms with Crippen molar-refractivity contribution in [3.8, 4) is 5.75 Å². The summed E-state index contributed by atoms with van der Waals surface area (Å²) in [6.45, 7) is 5.16. The summed E-state index contributed by atoms with van der Waals surface area (Å²) in [5.74, 6) is 2.47. The Morgan fingerprint density at radius 1 is 1.19 bits per heavy atom. The van der Waals surface area contributed by atoms with Crippen molar-refractivity contribution in [3.63, 3.8) is 0 Å². The summed E-state index contributed by atoms with van der Waals surface area (Å²) in [7, 11) is 3.39. The molecule has 3 aromatic rings. The molecule has 4 N–H and O–H groups in total. The molecule has 4 rings (SSSR count). The molecule has 1 aromatic carbocycles. The molecular formula is C25H32N8O3S. The Balaban J connectivity index is 1.63. The zero-order valence-electron chi connectivity index (χ0n) is 21.4. The molecule has 2 aromatic heterocycles. The van der Waals surface area contributed by atoms with E-state index in [1.54, 1.807) is 14.2 Å². The molecule has 0 saturated carbocycles. The molecule has 1 aliphatic heterocycles. The molecule has 1 fully saturated rings. The highest BCUT2D eigenvalue weighted by Crippen LogP contribution is 2.39. The fraction of sp³-hybridized carbons (Fsp3) is 0.400. The van der Waals surface area contributed by atoms with Crippen LogP contribution in [0, 0.1) is 12.8 Å². The van der Waals surface area contributed by atoms with Gasteiger partial charge in [-0.25, -0.2) is 9.97 Å². The number of hydrogen-bond acceptors (Lipinski definition) is 10. The lowest BCUT2D eigenvalue weighted by atomic mass is 9.92. The lowest BCUT2D eigenvalue weighted by Crippen LogP contribution is -2.39. The average Bonchev–Trinajstić information content (AvgIpc) is 3.29. The zero-order chi connectivity index (χ0) is 26.4. The summed E-state index contributed by atoms with van der Waals surface area (Å²) in [5.41, 5.74) is 1.64. The first kappa shape index (κ1) is 26.4. The van der Waals surface area contributed by atoms with Crippen LogP contribution in [0.4, 0.5) is 23.1 Å². The highest BCUT2D eigenvalue weighted by atomic mass is 32.2. The van der Waals surface area contributed by atoms with Gasteiger partial charge in [-0.3, -0.25) is 14.7 Å². The maximum absolute atomic E-state index is 12.4. The topological polar surface area (TPSA) is 137 Å². The highest BCUT2D eigenvalue weighted by Gasteiger charge is 2.28. The number of anilines is 4. The van der Waals surface area contributed by atoms with Gasteiger partial charge in [0.15, 0.2) is 22.6 Å². The van der Waals surface area contributed by atoms with Crippen molar-refractivity contribution in [2.75, 3.05) is 49.3 Å². The van der Waals surface area contributed by atoms with Crippen LogP contribution in [0.25, 0.3) is 0 Å². The van der Waals surface area contributed by atoms with Crippen LogP contribution in [0.5, 0.6) is 5.75 Å². The molecule has 12 heteroatoms. The molecule has 0 radical (unpaired) electrons. The fourth-order valence-corrected chi connectivity index (χ4v) is 4.95. The molecule has 0 aliphatic carbocycles. The van der Waals surface area contributed by atoms with Crippen molar-refractivity contribution < 1.29 is 14.3 Å². The van der Waals surface area contributed by atoms with E-state index in [1.807, 2.05) is 37.3 Å². The van der Waals surface area contributed by atoms with Gasteiger partial charge < -0.3 is 25.6 Å². The molecule has 196 valence electrons. The number of piperidine rings is 1. The Morgan fingerprint density at radius 3 is 2.51 bits per heavy atom. The lowest BCUT2D eigenvalue weighted by molar-refractivity contribution is -0.122. The normalized spacial score (nSPS) is 13.9. The van der Waals surface area contributed by atoms with E-state index >= 15 is 0 Å². The number of Topliss-reactive ketones (excluding diaryl/α,β-unsaturated/α-hetero) is 1. The molecule has 37 heavy (non-hydrogen) atoms. The first-order chi connectivity index (χ1) is 17.9. The standard InChI is InChI=1S/C25H32N8O3S/c1-15-13-21(32-31-15)28-23-22(36-4)24(33-11-9-17(10-12-33)20(35)14-26-3)30-25(29-23)37-19-7-5-18(6-8-19)27-16(2)34/h5-8,13,17,26H,9-12,14H2,1-4H3,(H,27,34)(H2,28,29,30,31,32). The Kier molecular flexibility index (Phi) is 8.62. The van der Waals surface area contributed by atoms with Crippen molar-refractivity contribution >= 4 is 46.6 Å². The van der Waals surface area contributed by atoms with Crippen LogP contribution in [0.3, 0.4) is 0 Å². The van der Waals surface area contributed by atoms with Crippen LogP contribution < -0.4 is 25.6 Å². The summed E-state index contributed by atoms with van der Waals surface area (Å²) in [5, 5.41) is 16.7. The van der Waals surface area contributed by atoms with E-state index < -0.39 is 0 Å². The molecule has 1 saturated heterocycles. The van der Waals surface area contributed by atoms with Crippen LogP contribution >= 0.6 is 11.8 Å². The van der Waals surface area contributed by atoms with Gasteiger partial charge in [-0.1, -0.05) is 0 Å². The number of nitrogens with zero attached hydrogens (tertiary/aromatic N) is 4. The first-order valence-electron chi connectivity index (χ1n) is 12.1. The van der Waals surface area contributed by atoms with Gasteiger partial charge in [0.25, 0.3) is 0 Å². The molecule has 3 heterocycles. The quantitative estimate of drug-likeness (QED) is 0.292. The van der Waals surface area contributed by atoms with Crippen LogP contribution in [0.2, 0.25) is 0 Å². The minimum Gasteiger partial charge on any atom is -0.490 e. The Morgan fingerprint density at radius 2 is 1.92 bits per heavy atom. The highest BCUT2D eigenvalue weighted by molar-refractivity contribution is 7.99. The van der Waals surface area contributed by atoms with Crippen molar-refractivity contribution in [2.24, 2.45) is 5.92 Å². The number of aromatic nitrogens is 4. The second-order valence-electron chi connectivity index (χ2n) is 8.84. The van der Waals surface area contributed by atoms with Gasteiger partial charge >= 0.3 is 0 Å². The van der Waals surface area contributed by atoms with Crippen LogP contribution in [-0.2, 0) is 9.59 Å². The van der Waals surface area contributed by atoms with E-state index in [-0.39, 0.29) is 17.6 Å². The fourth-order valence-electron chi connectivity index (χ4n) is 4.20. The second kappa shape index (κ2) is 12.1. The number of likely N-dealkylation sites (N-methyl/N-ethyl adjacent to an activating group) is 1. The van der Waals surface area contributed by atoms with Gasteiger partial charge in [0, 0.05) is 48.3 Å². The van der Waals surface area contributed by atoms with Gasteiger partial charge in [0.1, 0.15) is 5.78 Å². The van der Waals surface area contributed by atoms with Gasteiger partial charge in [0.05, 0.1) is 13.7 Å². The lowest BCUT2D eigenvalue weighted by Gasteiger charge is -2.33. The number of H-pyrrole nitrogens is 1. The number of carbonyl (C=O) groups excluding carboxylic acids is 2. The van der Waals surface area contributed by atoms with Crippen molar-refractivity contribution in [3.05, 3.63) is 36.0 Å². The van der Waals surface area contributed by atoms with Crippen LogP contribution in [-0.4, -0.2) is 65.6 Å². The Bertz CT molecular complexity index is 1240. The van der Waals surface area contributed by atoms with E-state index in [4.69, 9.17) is 14.7 Å². The van der Waals surface area contributed by atoms with Crippen LogP contribution in [0.1, 0.15) is 25.5 Å².